The highest BCUT2D eigenvalue weighted by Crippen LogP contribution is 2.18. The van der Waals surface area contributed by atoms with Gasteiger partial charge in [-0.1, -0.05) is 6.92 Å². The fraction of sp³-hybridized carbons (Fsp3) is 0.429. The maximum atomic E-state index is 13.6. The van der Waals surface area contributed by atoms with Crippen LogP contribution in [0.4, 0.5) is 20.4 Å². The maximum absolute atomic E-state index is 13.6. The lowest BCUT2D eigenvalue weighted by atomic mass is 10.3. The normalized spacial score (nSPS) is 10.6. The van der Waals surface area contributed by atoms with Crippen LogP contribution in [0.2, 0.25) is 0 Å². The first kappa shape index (κ1) is 15.2. The van der Waals surface area contributed by atoms with Crippen molar-refractivity contribution >= 4 is 11.6 Å². The highest BCUT2D eigenvalue weighted by atomic mass is 19.1. The van der Waals surface area contributed by atoms with Gasteiger partial charge < -0.3 is 10.6 Å². The van der Waals surface area contributed by atoms with Gasteiger partial charge in [-0.25, -0.2) is 13.8 Å². The van der Waals surface area contributed by atoms with Gasteiger partial charge in [-0.05, 0) is 18.9 Å². The van der Waals surface area contributed by atoms with Crippen molar-refractivity contribution in [3.05, 3.63) is 36.2 Å². The molecule has 2 aromatic heterocycles. The third-order valence-electron chi connectivity index (χ3n) is 2.89. The van der Waals surface area contributed by atoms with Gasteiger partial charge in [-0.3, -0.25) is 4.68 Å². The number of aryl methyl sites for hydroxylation is 1. The first-order valence-electron chi connectivity index (χ1n) is 7.02. The Morgan fingerprint density at radius 1 is 1.14 bits per heavy atom. The molecule has 21 heavy (non-hydrogen) atoms. The van der Waals surface area contributed by atoms with Gasteiger partial charge in [0.25, 0.3) is 0 Å². The smallest absolute Gasteiger partial charge is 0.168 e. The van der Waals surface area contributed by atoms with E-state index in [4.69, 9.17) is 0 Å². The fourth-order valence-corrected chi connectivity index (χ4v) is 1.84. The SMILES string of the molecule is CCCNc1nc(NCCCn2cccn2)c(F)cc1F. The first-order valence-corrected chi connectivity index (χ1v) is 7.02. The van der Waals surface area contributed by atoms with Gasteiger partial charge in [0.05, 0.1) is 0 Å². The van der Waals surface area contributed by atoms with Gasteiger partial charge >= 0.3 is 0 Å². The standard InChI is InChI=1S/C14H19F2N5/c1-2-5-17-13-11(15)10-12(16)14(20-13)18-6-3-8-21-9-4-7-19-21/h4,7,9-10H,2-3,5-6,8H2,1H3,(H2,17,18,20). The fourth-order valence-electron chi connectivity index (χ4n) is 1.84. The molecule has 0 amide bonds. The summed E-state index contributed by atoms with van der Waals surface area (Å²) in [4.78, 5) is 3.95. The second-order valence-corrected chi connectivity index (χ2v) is 4.63. The molecule has 0 aliphatic carbocycles. The van der Waals surface area contributed by atoms with Crippen LogP contribution < -0.4 is 10.6 Å². The van der Waals surface area contributed by atoms with E-state index in [-0.39, 0.29) is 11.6 Å². The van der Waals surface area contributed by atoms with Gasteiger partial charge in [0.2, 0.25) is 0 Å². The highest BCUT2D eigenvalue weighted by Gasteiger charge is 2.11. The predicted octanol–water partition coefficient (Wildman–Crippen LogP) is 2.88. The van der Waals surface area contributed by atoms with Crippen molar-refractivity contribution in [3.63, 3.8) is 0 Å². The number of nitrogens with one attached hydrogen (secondary N) is 2. The summed E-state index contributed by atoms with van der Waals surface area (Å²) in [7, 11) is 0. The molecule has 0 aliphatic heterocycles. The molecule has 0 saturated carbocycles. The summed E-state index contributed by atoms with van der Waals surface area (Å²) in [6.45, 7) is 3.81. The first-order chi connectivity index (χ1) is 10.2. The summed E-state index contributed by atoms with van der Waals surface area (Å²) in [6, 6.07) is 2.70. The van der Waals surface area contributed by atoms with E-state index in [2.05, 4.69) is 20.7 Å². The molecule has 0 aliphatic rings. The van der Waals surface area contributed by atoms with Crippen molar-refractivity contribution in [3.8, 4) is 0 Å². The molecule has 2 N–H and O–H groups in total. The molecule has 2 rings (SSSR count). The van der Waals surface area contributed by atoms with Crippen LogP contribution in [-0.2, 0) is 6.54 Å². The largest absolute Gasteiger partial charge is 0.368 e. The minimum Gasteiger partial charge on any atom is -0.368 e. The molecule has 2 heterocycles. The summed E-state index contributed by atoms with van der Waals surface area (Å²) < 4.78 is 29.0. The second kappa shape index (κ2) is 7.56. The summed E-state index contributed by atoms with van der Waals surface area (Å²) in [5.41, 5.74) is 0. The van der Waals surface area contributed by atoms with E-state index in [1.807, 2.05) is 19.2 Å². The lowest BCUT2D eigenvalue weighted by Crippen LogP contribution is -2.12. The number of nitrogens with zero attached hydrogens (tertiary/aromatic N) is 3. The van der Waals surface area contributed by atoms with E-state index in [9.17, 15) is 8.78 Å². The van der Waals surface area contributed by atoms with E-state index in [0.29, 0.717) is 13.1 Å². The van der Waals surface area contributed by atoms with Crippen molar-refractivity contribution in [2.75, 3.05) is 23.7 Å². The molecule has 0 atom stereocenters. The van der Waals surface area contributed by atoms with Crippen molar-refractivity contribution in [1.82, 2.24) is 14.8 Å². The number of halogens is 2. The Morgan fingerprint density at radius 3 is 2.48 bits per heavy atom. The van der Waals surface area contributed by atoms with Crippen LogP contribution in [0.5, 0.6) is 0 Å². The molecule has 7 heteroatoms. The average molecular weight is 295 g/mol. The zero-order valence-electron chi connectivity index (χ0n) is 11.9. The zero-order valence-corrected chi connectivity index (χ0v) is 11.9. The third-order valence-corrected chi connectivity index (χ3v) is 2.89. The highest BCUT2D eigenvalue weighted by molar-refractivity contribution is 5.47. The van der Waals surface area contributed by atoms with Gasteiger partial charge in [-0.2, -0.15) is 5.10 Å². The molecule has 2 aromatic rings. The molecule has 0 saturated heterocycles. The molecule has 0 aromatic carbocycles. The Kier molecular flexibility index (Phi) is 5.48. The summed E-state index contributed by atoms with van der Waals surface area (Å²) in [5, 5.41) is 9.80. The number of hydrogen-bond donors (Lipinski definition) is 2. The van der Waals surface area contributed by atoms with E-state index < -0.39 is 11.6 Å². The number of rotatable bonds is 8. The molecular formula is C14H19F2N5. The van der Waals surface area contributed by atoms with Gasteiger partial charge in [0, 0.05) is 38.1 Å². The van der Waals surface area contributed by atoms with E-state index in [1.165, 1.54) is 0 Å². The number of hydrogen-bond acceptors (Lipinski definition) is 4. The molecular weight excluding hydrogens is 276 g/mol. The Morgan fingerprint density at radius 2 is 1.86 bits per heavy atom. The molecule has 0 radical (unpaired) electrons. The lowest BCUT2D eigenvalue weighted by Gasteiger charge is -2.10. The van der Waals surface area contributed by atoms with Crippen molar-refractivity contribution < 1.29 is 8.78 Å². The van der Waals surface area contributed by atoms with Crippen LogP contribution in [0.25, 0.3) is 0 Å². The zero-order chi connectivity index (χ0) is 15.1. The molecule has 114 valence electrons. The minimum atomic E-state index is -0.686. The Labute approximate surface area is 122 Å². The number of pyridine rings is 1. The average Bonchev–Trinajstić information content (AvgIpc) is 2.97. The van der Waals surface area contributed by atoms with Crippen LogP contribution >= 0.6 is 0 Å². The lowest BCUT2D eigenvalue weighted by molar-refractivity contribution is 0.572. The van der Waals surface area contributed by atoms with Crippen LogP contribution in [0.1, 0.15) is 19.8 Å². The quantitative estimate of drug-likeness (QED) is 0.735. The summed E-state index contributed by atoms with van der Waals surface area (Å²) in [5.74, 6) is -1.22. The monoisotopic (exact) mass is 295 g/mol. The van der Waals surface area contributed by atoms with Gasteiger partial charge in [0.15, 0.2) is 23.3 Å². The topological polar surface area (TPSA) is 54.8 Å². The molecule has 0 bridgehead atoms. The molecule has 0 spiro atoms. The van der Waals surface area contributed by atoms with Crippen LogP contribution in [0.15, 0.2) is 24.5 Å². The van der Waals surface area contributed by atoms with Crippen molar-refractivity contribution in [2.45, 2.75) is 26.3 Å². The Hall–Kier alpha value is -2.18. The van der Waals surface area contributed by atoms with Crippen LogP contribution in [-0.4, -0.2) is 27.9 Å². The summed E-state index contributed by atoms with van der Waals surface area (Å²) >= 11 is 0. The van der Waals surface area contributed by atoms with Gasteiger partial charge in [0.1, 0.15) is 0 Å². The van der Waals surface area contributed by atoms with Gasteiger partial charge in [-0.15, -0.1) is 0 Å². The maximum Gasteiger partial charge on any atom is 0.168 e. The Balaban J connectivity index is 1.89. The Bertz CT molecular complexity index is 557. The predicted molar refractivity (Wildman–Crippen MR) is 78.3 cm³/mol. The van der Waals surface area contributed by atoms with Crippen molar-refractivity contribution in [2.24, 2.45) is 0 Å². The van der Waals surface area contributed by atoms with Crippen LogP contribution in [0.3, 0.4) is 0 Å². The molecule has 5 nitrogen and oxygen atoms in total. The summed E-state index contributed by atoms with van der Waals surface area (Å²) in [6.07, 6.45) is 5.17. The molecule has 0 fully saturated rings. The second-order valence-electron chi connectivity index (χ2n) is 4.63. The molecule has 0 unspecified atom stereocenters. The van der Waals surface area contributed by atoms with Crippen LogP contribution in [0, 0.1) is 11.6 Å². The number of anilines is 2. The van der Waals surface area contributed by atoms with E-state index in [1.54, 1.807) is 10.9 Å². The number of aromatic nitrogens is 3. The third kappa shape index (κ3) is 4.40. The van der Waals surface area contributed by atoms with Crippen molar-refractivity contribution in [1.29, 1.82) is 0 Å². The minimum absolute atomic E-state index is 0.0652. The van der Waals surface area contributed by atoms with E-state index >= 15 is 0 Å². The van der Waals surface area contributed by atoms with E-state index in [0.717, 1.165) is 25.5 Å².